The zero-order valence-electron chi connectivity index (χ0n) is 10.2. The van der Waals surface area contributed by atoms with Crippen molar-refractivity contribution in [2.45, 2.75) is 6.54 Å². The second-order valence-electron chi connectivity index (χ2n) is 3.96. The summed E-state index contributed by atoms with van der Waals surface area (Å²) in [6, 6.07) is 4.90. The number of nitrogens with two attached hydrogens (primary N) is 1. The number of rotatable bonds is 3. The van der Waals surface area contributed by atoms with Gasteiger partial charge in [0, 0.05) is 19.2 Å². The monoisotopic (exact) mass is 298 g/mol. The van der Waals surface area contributed by atoms with E-state index >= 15 is 0 Å². The molecule has 5 nitrogen and oxygen atoms in total. The SMILES string of the molecule is Cn1ncc(CNC(=O)c2cccc(Cl)c2Cl)c1N. The summed E-state index contributed by atoms with van der Waals surface area (Å²) in [6.45, 7) is 0.279. The van der Waals surface area contributed by atoms with Gasteiger partial charge in [0.1, 0.15) is 5.82 Å². The van der Waals surface area contributed by atoms with Crippen molar-refractivity contribution in [3.05, 3.63) is 45.6 Å². The molecule has 0 bridgehead atoms. The standard InChI is InChI=1S/C12H12Cl2N4O/c1-18-11(15)7(6-17-18)5-16-12(19)8-3-2-4-9(13)10(8)14/h2-4,6H,5,15H2,1H3,(H,16,19). The molecule has 0 fully saturated rings. The zero-order chi connectivity index (χ0) is 14.0. The molecule has 1 heterocycles. The molecule has 1 amide bonds. The van der Waals surface area contributed by atoms with Gasteiger partial charge in [0.2, 0.25) is 0 Å². The van der Waals surface area contributed by atoms with E-state index < -0.39 is 0 Å². The van der Waals surface area contributed by atoms with Gasteiger partial charge < -0.3 is 11.1 Å². The van der Waals surface area contributed by atoms with Crippen LogP contribution in [0.2, 0.25) is 10.0 Å². The van der Waals surface area contributed by atoms with Crippen molar-refractivity contribution in [1.29, 1.82) is 0 Å². The molecule has 7 heteroatoms. The first-order valence-corrected chi connectivity index (χ1v) is 6.25. The van der Waals surface area contributed by atoms with E-state index in [-0.39, 0.29) is 17.5 Å². The van der Waals surface area contributed by atoms with E-state index in [1.165, 1.54) is 4.68 Å². The van der Waals surface area contributed by atoms with Gasteiger partial charge in [0.05, 0.1) is 21.8 Å². The Hall–Kier alpha value is -1.72. The molecule has 0 saturated carbocycles. The molecule has 19 heavy (non-hydrogen) atoms. The van der Waals surface area contributed by atoms with Crippen LogP contribution in [0, 0.1) is 0 Å². The van der Waals surface area contributed by atoms with E-state index in [1.807, 2.05) is 0 Å². The lowest BCUT2D eigenvalue weighted by Gasteiger charge is -2.07. The first-order chi connectivity index (χ1) is 9.00. The third-order valence-corrected chi connectivity index (χ3v) is 3.52. The predicted octanol–water partition coefficient (Wildman–Crippen LogP) is 2.24. The summed E-state index contributed by atoms with van der Waals surface area (Å²) in [6.07, 6.45) is 1.61. The molecule has 0 saturated heterocycles. The van der Waals surface area contributed by atoms with E-state index in [2.05, 4.69) is 10.4 Å². The number of aromatic nitrogens is 2. The van der Waals surface area contributed by atoms with Crippen LogP contribution < -0.4 is 11.1 Å². The van der Waals surface area contributed by atoms with Gasteiger partial charge in [-0.3, -0.25) is 9.48 Å². The Labute approximate surface area is 120 Å². The Morgan fingerprint density at radius 1 is 1.47 bits per heavy atom. The second kappa shape index (κ2) is 5.50. The number of anilines is 1. The number of halogens is 2. The smallest absolute Gasteiger partial charge is 0.253 e. The first kappa shape index (κ1) is 13.7. The number of hydrogen-bond donors (Lipinski definition) is 2. The Bertz CT molecular complexity index is 624. The number of amides is 1. The average Bonchev–Trinajstić information content (AvgIpc) is 2.70. The summed E-state index contributed by atoms with van der Waals surface area (Å²) in [5, 5.41) is 7.29. The fourth-order valence-electron chi connectivity index (χ4n) is 1.58. The highest BCUT2D eigenvalue weighted by atomic mass is 35.5. The molecule has 0 radical (unpaired) electrons. The minimum absolute atomic E-state index is 0.237. The summed E-state index contributed by atoms with van der Waals surface area (Å²) in [7, 11) is 1.73. The highest BCUT2D eigenvalue weighted by Crippen LogP contribution is 2.25. The second-order valence-corrected chi connectivity index (χ2v) is 4.75. The Balaban J connectivity index is 2.10. The van der Waals surface area contributed by atoms with Crippen molar-refractivity contribution in [3.63, 3.8) is 0 Å². The predicted molar refractivity (Wildman–Crippen MR) is 75.3 cm³/mol. The van der Waals surface area contributed by atoms with Crippen molar-refractivity contribution in [1.82, 2.24) is 15.1 Å². The highest BCUT2D eigenvalue weighted by molar-refractivity contribution is 6.43. The summed E-state index contributed by atoms with van der Waals surface area (Å²) < 4.78 is 1.54. The maximum Gasteiger partial charge on any atom is 0.253 e. The van der Waals surface area contributed by atoms with Gasteiger partial charge in [0.25, 0.3) is 5.91 Å². The highest BCUT2D eigenvalue weighted by Gasteiger charge is 2.13. The normalized spacial score (nSPS) is 10.5. The van der Waals surface area contributed by atoms with Crippen molar-refractivity contribution in [2.24, 2.45) is 7.05 Å². The molecule has 3 N–H and O–H groups in total. The number of benzene rings is 1. The van der Waals surface area contributed by atoms with Crippen LogP contribution in [0.15, 0.2) is 24.4 Å². The lowest BCUT2D eigenvalue weighted by Crippen LogP contribution is -2.23. The number of nitrogens with one attached hydrogen (secondary N) is 1. The van der Waals surface area contributed by atoms with Crippen LogP contribution in [0.4, 0.5) is 5.82 Å². The van der Waals surface area contributed by atoms with Gasteiger partial charge in [0.15, 0.2) is 0 Å². The molecular weight excluding hydrogens is 287 g/mol. The van der Waals surface area contributed by atoms with Crippen LogP contribution in [0.5, 0.6) is 0 Å². The Morgan fingerprint density at radius 2 is 2.21 bits per heavy atom. The van der Waals surface area contributed by atoms with Gasteiger partial charge in [-0.2, -0.15) is 5.10 Å². The van der Waals surface area contributed by atoms with Crippen LogP contribution in [0.3, 0.4) is 0 Å². The number of carbonyl (C=O) groups is 1. The maximum atomic E-state index is 12.0. The minimum atomic E-state index is -0.309. The third kappa shape index (κ3) is 2.83. The summed E-state index contributed by atoms with van der Waals surface area (Å²) in [4.78, 5) is 12.0. The lowest BCUT2D eigenvalue weighted by molar-refractivity contribution is 0.0951. The van der Waals surface area contributed by atoms with Gasteiger partial charge in [-0.15, -0.1) is 0 Å². The molecule has 0 aliphatic rings. The molecule has 2 rings (SSSR count). The molecule has 0 aliphatic heterocycles. The molecule has 0 unspecified atom stereocenters. The van der Waals surface area contributed by atoms with E-state index in [0.717, 1.165) is 5.56 Å². The summed E-state index contributed by atoms with van der Waals surface area (Å²) >= 11 is 11.8. The van der Waals surface area contributed by atoms with Crippen molar-refractivity contribution >= 4 is 34.9 Å². The van der Waals surface area contributed by atoms with Gasteiger partial charge >= 0.3 is 0 Å². The topological polar surface area (TPSA) is 72.9 Å². The molecular formula is C12H12Cl2N4O. The van der Waals surface area contributed by atoms with Crippen LogP contribution in [0.1, 0.15) is 15.9 Å². The Kier molecular flexibility index (Phi) is 3.97. The van der Waals surface area contributed by atoms with Gasteiger partial charge in [-0.1, -0.05) is 29.3 Å². The number of nitrogens with zero attached hydrogens (tertiary/aromatic N) is 2. The van der Waals surface area contributed by atoms with Crippen LogP contribution in [0.25, 0.3) is 0 Å². The van der Waals surface area contributed by atoms with Crippen molar-refractivity contribution in [3.8, 4) is 0 Å². The molecule has 1 aromatic heterocycles. The van der Waals surface area contributed by atoms with Crippen molar-refractivity contribution < 1.29 is 4.79 Å². The molecule has 0 atom stereocenters. The molecule has 2 aromatic rings. The molecule has 0 spiro atoms. The Morgan fingerprint density at radius 3 is 2.84 bits per heavy atom. The van der Waals surface area contributed by atoms with E-state index in [4.69, 9.17) is 28.9 Å². The fourth-order valence-corrected chi connectivity index (χ4v) is 1.96. The quantitative estimate of drug-likeness (QED) is 0.913. The van der Waals surface area contributed by atoms with E-state index in [9.17, 15) is 4.79 Å². The number of aryl methyl sites for hydroxylation is 1. The van der Waals surface area contributed by atoms with E-state index in [0.29, 0.717) is 16.4 Å². The lowest BCUT2D eigenvalue weighted by atomic mass is 10.2. The van der Waals surface area contributed by atoms with Crippen LogP contribution in [-0.4, -0.2) is 15.7 Å². The number of carbonyl (C=O) groups excluding carboxylic acids is 1. The van der Waals surface area contributed by atoms with E-state index in [1.54, 1.807) is 31.4 Å². The number of nitrogen functional groups attached to an aromatic ring is 1. The average molecular weight is 299 g/mol. The van der Waals surface area contributed by atoms with Crippen LogP contribution in [-0.2, 0) is 13.6 Å². The summed E-state index contributed by atoms with van der Waals surface area (Å²) in [5.41, 5.74) is 6.86. The number of hydrogen-bond acceptors (Lipinski definition) is 3. The van der Waals surface area contributed by atoms with Gasteiger partial charge in [-0.05, 0) is 12.1 Å². The fraction of sp³-hybridized carbons (Fsp3) is 0.167. The molecule has 0 aliphatic carbocycles. The third-order valence-electron chi connectivity index (χ3n) is 2.70. The largest absolute Gasteiger partial charge is 0.384 e. The van der Waals surface area contributed by atoms with Crippen LogP contribution >= 0.6 is 23.2 Å². The van der Waals surface area contributed by atoms with Crippen molar-refractivity contribution in [2.75, 3.05) is 5.73 Å². The maximum absolute atomic E-state index is 12.0. The van der Waals surface area contributed by atoms with Gasteiger partial charge in [-0.25, -0.2) is 0 Å². The molecule has 100 valence electrons. The first-order valence-electron chi connectivity index (χ1n) is 5.49. The minimum Gasteiger partial charge on any atom is -0.384 e. The zero-order valence-corrected chi connectivity index (χ0v) is 11.7. The summed E-state index contributed by atoms with van der Waals surface area (Å²) in [5.74, 6) is 0.202. The molecule has 1 aromatic carbocycles.